The normalized spacial score (nSPS) is 11.0. The Bertz CT molecular complexity index is 510. The number of hydrogen-bond donors (Lipinski definition) is 2. The van der Waals surface area contributed by atoms with Crippen molar-refractivity contribution in [3.8, 4) is 0 Å². The molecule has 1 aromatic rings. The Morgan fingerprint density at radius 3 is 2.55 bits per heavy atom. The second-order valence-corrected chi connectivity index (χ2v) is 5.43. The van der Waals surface area contributed by atoms with Crippen molar-refractivity contribution < 1.29 is 14.3 Å². The van der Waals surface area contributed by atoms with Gasteiger partial charge in [-0.2, -0.15) is 0 Å². The van der Waals surface area contributed by atoms with E-state index in [9.17, 15) is 9.59 Å². The van der Waals surface area contributed by atoms with E-state index in [0.717, 1.165) is 12.0 Å². The van der Waals surface area contributed by atoms with Crippen LogP contribution in [0.4, 0.5) is 5.69 Å². The van der Waals surface area contributed by atoms with Crippen molar-refractivity contribution in [2.24, 2.45) is 0 Å². The number of nitrogens with one attached hydrogen (secondary N) is 1. The number of nitrogen functional groups attached to an aromatic ring is 1. The van der Waals surface area contributed by atoms with Crippen LogP contribution in [0.2, 0.25) is 0 Å². The molecule has 1 rings (SSSR count). The number of anilines is 1. The van der Waals surface area contributed by atoms with Crippen molar-refractivity contribution in [3.63, 3.8) is 0 Å². The number of rotatable bonds is 5. The maximum atomic E-state index is 11.8. The zero-order valence-corrected chi connectivity index (χ0v) is 12.4. The summed E-state index contributed by atoms with van der Waals surface area (Å²) in [5.74, 6) is -0.838. The lowest BCUT2D eigenvalue weighted by atomic mass is 10.0. The summed E-state index contributed by atoms with van der Waals surface area (Å²) in [6.45, 7) is 7.32. The molecule has 0 aliphatic heterocycles. The van der Waals surface area contributed by atoms with E-state index in [1.165, 1.54) is 0 Å². The highest BCUT2D eigenvalue weighted by Gasteiger charge is 2.19. The van der Waals surface area contributed by atoms with E-state index in [-0.39, 0.29) is 18.1 Å². The van der Waals surface area contributed by atoms with Crippen LogP contribution in [0, 0.1) is 6.92 Å². The highest BCUT2D eigenvalue weighted by atomic mass is 16.5. The molecule has 0 radical (unpaired) electrons. The maximum Gasteiger partial charge on any atom is 0.338 e. The van der Waals surface area contributed by atoms with Gasteiger partial charge in [0.2, 0.25) is 0 Å². The molecule has 1 aromatic carbocycles. The molecule has 0 saturated carbocycles. The third-order valence-corrected chi connectivity index (χ3v) is 3.20. The van der Waals surface area contributed by atoms with Gasteiger partial charge >= 0.3 is 5.97 Å². The molecule has 20 heavy (non-hydrogen) atoms. The van der Waals surface area contributed by atoms with E-state index in [2.05, 4.69) is 5.32 Å². The SMILES string of the molecule is CCC(C)(C)NC(=O)COC(=O)c1ccc(N)c(C)c1. The zero-order valence-electron chi connectivity index (χ0n) is 12.4. The Balaban J connectivity index is 2.55. The Morgan fingerprint density at radius 1 is 1.35 bits per heavy atom. The summed E-state index contributed by atoms with van der Waals surface area (Å²) >= 11 is 0. The van der Waals surface area contributed by atoms with Gasteiger partial charge in [0.25, 0.3) is 5.91 Å². The summed E-state index contributed by atoms with van der Waals surface area (Å²) in [6.07, 6.45) is 0.795. The number of esters is 1. The lowest BCUT2D eigenvalue weighted by Gasteiger charge is -2.24. The minimum Gasteiger partial charge on any atom is -0.452 e. The largest absolute Gasteiger partial charge is 0.452 e. The van der Waals surface area contributed by atoms with E-state index in [1.54, 1.807) is 18.2 Å². The van der Waals surface area contributed by atoms with Gasteiger partial charge < -0.3 is 15.8 Å². The van der Waals surface area contributed by atoms with Crippen LogP contribution < -0.4 is 11.1 Å². The molecule has 0 bridgehead atoms. The summed E-state index contributed by atoms with van der Waals surface area (Å²) < 4.78 is 4.98. The van der Waals surface area contributed by atoms with Gasteiger partial charge in [0.15, 0.2) is 6.61 Å². The van der Waals surface area contributed by atoms with E-state index < -0.39 is 5.97 Å². The Kier molecular flexibility index (Phi) is 5.13. The van der Waals surface area contributed by atoms with Crippen molar-refractivity contribution >= 4 is 17.6 Å². The first kappa shape index (κ1) is 16.0. The molecule has 3 N–H and O–H groups in total. The first-order valence-corrected chi connectivity index (χ1v) is 6.59. The molecule has 0 spiro atoms. The van der Waals surface area contributed by atoms with E-state index >= 15 is 0 Å². The van der Waals surface area contributed by atoms with Crippen molar-refractivity contribution in [3.05, 3.63) is 29.3 Å². The number of aryl methyl sites for hydroxylation is 1. The molecule has 1 amide bonds. The zero-order chi connectivity index (χ0) is 15.3. The predicted molar refractivity (Wildman–Crippen MR) is 78.4 cm³/mol. The fraction of sp³-hybridized carbons (Fsp3) is 0.467. The lowest BCUT2D eigenvalue weighted by molar-refractivity contribution is -0.125. The fourth-order valence-corrected chi connectivity index (χ4v) is 1.52. The molecule has 0 aromatic heterocycles. The predicted octanol–water partition coefficient (Wildman–Crippen LogP) is 2.04. The lowest BCUT2D eigenvalue weighted by Crippen LogP contribution is -2.44. The number of nitrogens with two attached hydrogens (primary N) is 1. The van der Waals surface area contributed by atoms with Crippen molar-refractivity contribution in [2.75, 3.05) is 12.3 Å². The summed E-state index contributed by atoms with van der Waals surface area (Å²) in [6, 6.07) is 4.87. The molecule has 0 aliphatic rings. The number of carbonyl (C=O) groups is 2. The van der Waals surface area contributed by atoms with Crippen LogP contribution in [0.25, 0.3) is 0 Å². The van der Waals surface area contributed by atoms with Crippen LogP contribution in [-0.4, -0.2) is 24.0 Å². The second-order valence-electron chi connectivity index (χ2n) is 5.43. The van der Waals surface area contributed by atoms with E-state index in [1.807, 2.05) is 27.7 Å². The van der Waals surface area contributed by atoms with Gasteiger partial charge in [0.1, 0.15) is 0 Å². The number of benzene rings is 1. The van der Waals surface area contributed by atoms with Gasteiger partial charge in [0, 0.05) is 11.2 Å². The van der Waals surface area contributed by atoms with Crippen LogP contribution in [0.1, 0.15) is 43.1 Å². The first-order chi connectivity index (χ1) is 9.25. The topological polar surface area (TPSA) is 81.4 Å². The summed E-state index contributed by atoms with van der Waals surface area (Å²) in [5, 5.41) is 2.80. The highest BCUT2D eigenvalue weighted by molar-refractivity contribution is 5.92. The smallest absolute Gasteiger partial charge is 0.338 e. The van der Waals surface area contributed by atoms with Crippen LogP contribution >= 0.6 is 0 Å². The average Bonchev–Trinajstić information content (AvgIpc) is 2.38. The standard InChI is InChI=1S/C15H22N2O3/c1-5-15(3,4)17-13(18)9-20-14(19)11-6-7-12(16)10(2)8-11/h6-8H,5,9,16H2,1-4H3,(H,17,18). The molecule has 5 heteroatoms. The summed E-state index contributed by atoms with van der Waals surface area (Å²) in [4.78, 5) is 23.5. The van der Waals surface area contributed by atoms with Crippen LogP contribution in [0.3, 0.4) is 0 Å². The third-order valence-electron chi connectivity index (χ3n) is 3.20. The molecule has 0 fully saturated rings. The van der Waals surface area contributed by atoms with Crippen molar-refractivity contribution in [1.82, 2.24) is 5.32 Å². The fourth-order valence-electron chi connectivity index (χ4n) is 1.52. The molecule has 0 saturated heterocycles. The van der Waals surface area contributed by atoms with Crippen molar-refractivity contribution in [1.29, 1.82) is 0 Å². The van der Waals surface area contributed by atoms with Gasteiger partial charge in [-0.1, -0.05) is 6.92 Å². The van der Waals surface area contributed by atoms with Gasteiger partial charge in [0.05, 0.1) is 5.56 Å². The molecular formula is C15H22N2O3. The molecular weight excluding hydrogens is 256 g/mol. The number of ether oxygens (including phenoxy) is 1. The Labute approximate surface area is 119 Å². The number of amides is 1. The average molecular weight is 278 g/mol. The third kappa shape index (κ3) is 4.57. The highest BCUT2D eigenvalue weighted by Crippen LogP contribution is 2.13. The van der Waals surface area contributed by atoms with E-state index in [0.29, 0.717) is 11.3 Å². The van der Waals surface area contributed by atoms with Crippen LogP contribution in [0.15, 0.2) is 18.2 Å². The Morgan fingerprint density at radius 2 is 2.00 bits per heavy atom. The van der Waals surface area contributed by atoms with Gasteiger partial charge in [-0.15, -0.1) is 0 Å². The van der Waals surface area contributed by atoms with Crippen LogP contribution in [-0.2, 0) is 9.53 Å². The number of hydrogen-bond acceptors (Lipinski definition) is 4. The van der Waals surface area contributed by atoms with E-state index in [4.69, 9.17) is 10.5 Å². The number of carbonyl (C=O) groups excluding carboxylic acids is 2. The molecule has 5 nitrogen and oxygen atoms in total. The minimum atomic E-state index is -0.530. The van der Waals surface area contributed by atoms with Gasteiger partial charge in [-0.05, 0) is 51.0 Å². The van der Waals surface area contributed by atoms with Gasteiger partial charge in [-0.3, -0.25) is 4.79 Å². The quantitative estimate of drug-likeness (QED) is 0.638. The monoisotopic (exact) mass is 278 g/mol. The molecule has 110 valence electrons. The first-order valence-electron chi connectivity index (χ1n) is 6.59. The van der Waals surface area contributed by atoms with Crippen LogP contribution in [0.5, 0.6) is 0 Å². The van der Waals surface area contributed by atoms with Crippen molar-refractivity contribution in [2.45, 2.75) is 39.7 Å². The Hall–Kier alpha value is -2.04. The van der Waals surface area contributed by atoms with Gasteiger partial charge in [-0.25, -0.2) is 4.79 Å². The molecule has 0 heterocycles. The molecule has 0 unspecified atom stereocenters. The second kappa shape index (κ2) is 6.41. The molecule has 0 aliphatic carbocycles. The molecule has 0 atom stereocenters. The summed E-state index contributed by atoms with van der Waals surface area (Å²) in [5.41, 5.74) is 7.18. The minimum absolute atomic E-state index is 0.286. The summed E-state index contributed by atoms with van der Waals surface area (Å²) in [7, 11) is 0. The maximum absolute atomic E-state index is 11.8.